The molecule has 0 radical (unpaired) electrons. The molecule has 0 saturated carbocycles. The highest BCUT2D eigenvalue weighted by Gasteiger charge is 2.06. The van der Waals surface area contributed by atoms with Crippen molar-refractivity contribution in [2.75, 3.05) is 0 Å². The molecule has 3 aromatic rings. The van der Waals surface area contributed by atoms with Crippen LogP contribution in [-0.2, 0) is 24.2 Å². The zero-order chi connectivity index (χ0) is 15.5. The fourth-order valence-corrected chi connectivity index (χ4v) is 2.73. The number of aromatic nitrogens is 1. The summed E-state index contributed by atoms with van der Waals surface area (Å²) in [4.78, 5) is 10.9. The summed E-state index contributed by atoms with van der Waals surface area (Å²) in [5.74, 6) is -0.799. The lowest BCUT2D eigenvalue weighted by Gasteiger charge is -2.08. The fourth-order valence-electron chi connectivity index (χ4n) is 2.73. The molecular formula is C19H19NO2. The first-order valence-corrected chi connectivity index (χ1v) is 7.53. The third kappa shape index (κ3) is 3.03. The van der Waals surface area contributed by atoms with Gasteiger partial charge >= 0.3 is 5.97 Å². The summed E-state index contributed by atoms with van der Waals surface area (Å²) in [6.07, 6.45) is 3.17. The van der Waals surface area contributed by atoms with E-state index in [0.29, 0.717) is 0 Å². The van der Waals surface area contributed by atoms with Crippen LogP contribution in [0.2, 0.25) is 0 Å². The van der Waals surface area contributed by atoms with E-state index in [1.807, 2.05) is 18.2 Å². The minimum Gasteiger partial charge on any atom is -0.481 e. The van der Waals surface area contributed by atoms with Gasteiger partial charge in [-0.05, 0) is 40.6 Å². The Kier molecular flexibility index (Phi) is 3.96. The maximum atomic E-state index is 10.9. The Hall–Kier alpha value is -2.55. The average Bonchev–Trinajstić information content (AvgIpc) is 2.90. The largest absolute Gasteiger partial charge is 0.481 e. The molecule has 0 aliphatic carbocycles. The normalized spacial score (nSPS) is 11.0. The van der Waals surface area contributed by atoms with Crippen LogP contribution in [0.15, 0.2) is 54.7 Å². The number of rotatable bonds is 5. The van der Waals surface area contributed by atoms with Crippen LogP contribution in [0.4, 0.5) is 0 Å². The summed E-state index contributed by atoms with van der Waals surface area (Å²) in [7, 11) is 0. The molecule has 112 valence electrons. The fraction of sp³-hybridized carbons (Fsp3) is 0.211. The minimum atomic E-state index is -0.799. The second-order valence-electron chi connectivity index (χ2n) is 5.58. The van der Waals surface area contributed by atoms with E-state index in [1.165, 1.54) is 11.1 Å². The first kappa shape index (κ1) is 14.4. The molecule has 0 fully saturated rings. The van der Waals surface area contributed by atoms with Gasteiger partial charge in [0.1, 0.15) is 0 Å². The SMILES string of the molecule is CCc1ccc(Cn2ccc3ccc(CC(=O)O)cc32)cc1. The third-order valence-electron chi connectivity index (χ3n) is 3.98. The zero-order valence-electron chi connectivity index (χ0n) is 12.6. The smallest absolute Gasteiger partial charge is 0.307 e. The molecule has 1 N–H and O–H groups in total. The molecule has 2 aromatic carbocycles. The van der Waals surface area contributed by atoms with Crippen molar-refractivity contribution in [3.63, 3.8) is 0 Å². The molecule has 22 heavy (non-hydrogen) atoms. The van der Waals surface area contributed by atoms with Crippen molar-refractivity contribution in [3.05, 3.63) is 71.4 Å². The first-order valence-electron chi connectivity index (χ1n) is 7.53. The summed E-state index contributed by atoms with van der Waals surface area (Å²) in [5, 5.41) is 10.1. The van der Waals surface area contributed by atoms with Crippen molar-refractivity contribution >= 4 is 16.9 Å². The first-order chi connectivity index (χ1) is 10.7. The molecule has 1 heterocycles. The van der Waals surface area contributed by atoms with Gasteiger partial charge < -0.3 is 9.67 Å². The highest BCUT2D eigenvalue weighted by molar-refractivity contribution is 5.82. The Morgan fingerprint density at radius 3 is 2.36 bits per heavy atom. The van der Waals surface area contributed by atoms with Crippen molar-refractivity contribution in [2.45, 2.75) is 26.3 Å². The number of fused-ring (bicyclic) bond motifs is 1. The van der Waals surface area contributed by atoms with Crippen LogP contribution in [-0.4, -0.2) is 15.6 Å². The van der Waals surface area contributed by atoms with Gasteiger partial charge in [0.05, 0.1) is 6.42 Å². The van der Waals surface area contributed by atoms with Crippen molar-refractivity contribution in [3.8, 4) is 0 Å². The van der Waals surface area contributed by atoms with Gasteiger partial charge in [-0.15, -0.1) is 0 Å². The molecule has 0 atom stereocenters. The number of hydrogen-bond donors (Lipinski definition) is 1. The maximum Gasteiger partial charge on any atom is 0.307 e. The third-order valence-corrected chi connectivity index (χ3v) is 3.98. The summed E-state index contributed by atoms with van der Waals surface area (Å²) in [6, 6.07) is 16.6. The molecule has 0 bridgehead atoms. The van der Waals surface area contributed by atoms with Gasteiger partial charge in [0.2, 0.25) is 0 Å². The number of aryl methyl sites for hydroxylation is 1. The molecule has 0 unspecified atom stereocenters. The van der Waals surface area contributed by atoms with E-state index in [-0.39, 0.29) is 6.42 Å². The van der Waals surface area contributed by atoms with Crippen molar-refractivity contribution in [1.82, 2.24) is 4.57 Å². The van der Waals surface area contributed by atoms with Crippen LogP contribution in [0.3, 0.4) is 0 Å². The zero-order valence-corrected chi connectivity index (χ0v) is 12.6. The van der Waals surface area contributed by atoms with Gasteiger partial charge in [-0.1, -0.05) is 43.3 Å². The highest BCUT2D eigenvalue weighted by atomic mass is 16.4. The van der Waals surface area contributed by atoms with E-state index >= 15 is 0 Å². The average molecular weight is 293 g/mol. The number of hydrogen-bond acceptors (Lipinski definition) is 1. The van der Waals surface area contributed by atoms with Crippen LogP contribution in [0.1, 0.15) is 23.6 Å². The standard InChI is InChI=1S/C19H19NO2/c1-2-14-3-5-15(6-4-14)13-20-10-9-17-8-7-16(11-18(17)20)12-19(21)22/h3-11H,2,12-13H2,1H3,(H,21,22). The van der Waals surface area contributed by atoms with Gasteiger partial charge in [0.25, 0.3) is 0 Å². The van der Waals surface area contributed by atoms with Crippen LogP contribution in [0, 0.1) is 0 Å². The summed E-state index contributed by atoms with van der Waals surface area (Å²) in [5.41, 5.74) is 4.50. The van der Waals surface area contributed by atoms with Crippen LogP contribution < -0.4 is 0 Å². The molecular weight excluding hydrogens is 274 g/mol. The van der Waals surface area contributed by atoms with E-state index in [4.69, 9.17) is 5.11 Å². The predicted octanol–water partition coefficient (Wildman–Crippen LogP) is 3.88. The van der Waals surface area contributed by atoms with Crippen LogP contribution in [0.5, 0.6) is 0 Å². The quantitative estimate of drug-likeness (QED) is 0.775. The van der Waals surface area contributed by atoms with Crippen molar-refractivity contribution in [1.29, 1.82) is 0 Å². The van der Waals surface area contributed by atoms with E-state index in [2.05, 4.69) is 48.0 Å². The molecule has 0 spiro atoms. The van der Waals surface area contributed by atoms with Crippen molar-refractivity contribution < 1.29 is 9.90 Å². The highest BCUT2D eigenvalue weighted by Crippen LogP contribution is 2.20. The Morgan fingerprint density at radius 2 is 1.68 bits per heavy atom. The van der Waals surface area contributed by atoms with Crippen LogP contribution in [0.25, 0.3) is 10.9 Å². The van der Waals surface area contributed by atoms with E-state index < -0.39 is 5.97 Å². The van der Waals surface area contributed by atoms with E-state index in [9.17, 15) is 4.79 Å². The molecule has 0 aliphatic rings. The van der Waals surface area contributed by atoms with Gasteiger partial charge in [-0.25, -0.2) is 0 Å². The molecule has 3 rings (SSSR count). The predicted molar refractivity (Wildman–Crippen MR) is 88.2 cm³/mol. The molecule has 0 saturated heterocycles. The van der Waals surface area contributed by atoms with Gasteiger partial charge in [-0.3, -0.25) is 4.79 Å². The molecule has 3 heteroatoms. The number of carbonyl (C=O) groups is 1. The lowest BCUT2D eigenvalue weighted by molar-refractivity contribution is -0.136. The second kappa shape index (κ2) is 6.06. The number of aliphatic carboxylic acids is 1. The summed E-state index contributed by atoms with van der Waals surface area (Å²) < 4.78 is 2.17. The number of carboxylic acid groups (broad SMARTS) is 1. The lowest BCUT2D eigenvalue weighted by atomic mass is 10.1. The molecule has 0 amide bonds. The van der Waals surface area contributed by atoms with Crippen LogP contribution >= 0.6 is 0 Å². The molecule has 1 aromatic heterocycles. The summed E-state index contributed by atoms with van der Waals surface area (Å²) in [6.45, 7) is 2.95. The summed E-state index contributed by atoms with van der Waals surface area (Å²) >= 11 is 0. The monoisotopic (exact) mass is 293 g/mol. The number of carboxylic acids is 1. The van der Waals surface area contributed by atoms with Crippen molar-refractivity contribution in [2.24, 2.45) is 0 Å². The number of benzene rings is 2. The number of nitrogens with zero attached hydrogens (tertiary/aromatic N) is 1. The Morgan fingerprint density at radius 1 is 1.00 bits per heavy atom. The van der Waals surface area contributed by atoms with Gasteiger partial charge in [0.15, 0.2) is 0 Å². The molecule has 0 aliphatic heterocycles. The maximum absolute atomic E-state index is 10.9. The molecule has 3 nitrogen and oxygen atoms in total. The van der Waals surface area contributed by atoms with Gasteiger partial charge in [-0.2, -0.15) is 0 Å². The lowest BCUT2D eigenvalue weighted by Crippen LogP contribution is -2.01. The Balaban J connectivity index is 1.90. The minimum absolute atomic E-state index is 0.0618. The Labute approximate surface area is 129 Å². The van der Waals surface area contributed by atoms with E-state index in [1.54, 1.807) is 0 Å². The Bertz CT molecular complexity index is 800. The second-order valence-corrected chi connectivity index (χ2v) is 5.58. The van der Waals surface area contributed by atoms with E-state index in [0.717, 1.165) is 29.4 Å². The van der Waals surface area contributed by atoms with Gasteiger partial charge in [0, 0.05) is 18.3 Å². The topological polar surface area (TPSA) is 42.2 Å².